The molecule has 2 atom stereocenters. The molecule has 0 unspecified atom stereocenters. The van der Waals surface area contributed by atoms with Crippen molar-refractivity contribution in [1.29, 1.82) is 0 Å². The maximum atomic E-state index is 2.56. The van der Waals surface area contributed by atoms with Gasteiger partial charge in [0.05, 0.1) is 0 Å². The molecule has 1 radical (unpaired) electrons. The zero-order chi connectivity index (χ0) is 7.41. The average Bonchev–Trinajstić information content (AvgIpc) is 2.18. The molecule has 0 amide bonds. The van der Waals surface area contributed by atoms with E-state index < -0.39 is 0 Å². The Labute approximate surface area is 64.0 Å². The fourth-order valence-corrected chi connectivity index (χ4v) is 2.80. The van der Waals surface area contributed by atoms with Crippen LogP contribution in [0.25, 0.3) is 0 Å². The van der Waals surface area contributed by atoms with Crippen LogP contribution in [0, 0.1) is 23.2 Å². The molecule has 0 nitrogen and oxygen atoms in total. The number of hydrogen-bond donors (Lipinski definition) is 0. The summed E-state index contributed by atoms with van der Waals surface area (Å²) in [5.74, 6) is 0.998. The first kappa shape index (κ1) is 6.69. The van der Waals surface area contributed by atoms with Crippen LogP contribution in [0.2, 0.25) is 0 Å². The van der Waals surface area contributed by atoms with Crippen LogP contribution in [0.4, 0.5) is 0 Å². The SMILES string of the molecule is CC1(C)[C@@H]2C[CH][C@]1(C)CC2. The van der Waals surface area contributed by atoms with Gasteiger partial charge in [0.2, 0.25) is 0 Å². The van der Waals surface area contributed by atoms with Gasteiger partial charge >= 0.3 is 0 Å². The smallest absolute Gasteiger partial charge is 0.0241 e. The van der Waals surface area contributed by atoms with Gasteiger partial charge in [0.25, 0.3) is 0 Å². The van der Waals surface area contributed by atoms with E-state index in [9.17, 15) is 0 Å². The van der Waals surface area contributed by atoms with Crippen molar-refractivity contribution >= 4 is 0 Å². The van der Waals surface area contributed by atoms with Crippen LogP contribution in [0.3, 0.4) is 0 Å². The minimum Gasteiger partial charge on any atom is -0.0591 e. The van der Waals surface area contributed by atoms with E-state index in [2.05, 4.69) is 27.2 Å². The molecule has 0 spiro atoms. The molecule has 0 heteroatoms. The second kappa shape index (κ2) is 1.60. The summed E-state index contributed by atoms with van der Waals surface area (Å²) in [6, 6.07) is 0. The van der Waals surface area contributed by atoms with Crippen molar-refractivity contribution in [2.75, 3.05) is 0 Å². The van der Waals surface area contributed by atoms with Crippen molar-refractivity contribution in [2.45, 2.75) is 40.0 Å². The Kier molecular flexibility index (Phi) is 1.07. The van der Waals surface area contributed by atoms with Gasteiger partial charge in [-0.05, 0) is 42.4 Å². The lowest BCUT2D eigenvalue weighted by Crippen LogP contribution is -2.26. The molecule has 0 heterocycles. The van der Waals surface area contributed by atoms with Crippen molar-refractivity contribution in [3.63, 3.8) is 0 Å². The lowest BCUT2D eigenvalue weighted by atomic mass is 9.71. The first-order valence-electron chi connectivity index (χ1n) is 4.41. The summed E-state index contributed by atoms with van der Waals surface area (Å²) in [6.45, 7) is 7.31. The molecule has 2 rings (SSSR count). The lowest BCUT2D eigenvalue weighted by Gasteiger charge is -2.34. The topological polar surface area (TPSA) is 0 Å². The number of fused-ring (bicyclic) bond motifs is 2. The Balaban J connectivity index is 2.37. The number of hydrogen-bond acceptors (Lipinski definition) is 0. The molecule has 0 aromatic heterocycles. The van der Waals surface area contributed by atoms with E-state index in [-0.39, 0.29) is 0 Å². The monoisotopic (exact) mass is 137 g/mol. The van der Waals surface area contributed by atoms with Crippen molar-refractivity contribution in [3.05, 3.63) is 6.42 Å². The molecule has 0 saturated heterocycles. The van der Waals surface area contributed by atoms with Gasteiger partial charge in [-0.25, -0.2) is 0 Å². The van der Waals surface area contributed by atoms with Gasteiger partial charge in [-0.3, -0.25) is 0 Å². The Morgan fingerprint density at radius 3 is 2.10 bits per heavy atom. The molecule has 2 aliphatic rings. The molecule has 57 valence electrons. The summed E-state index contributed by atoms with van der Waals surface area (Å²) >= 11 is 0. The normalized spacial score (nSPS) is 50.1. The minimum absolute atomic E-state index is 0.581. The molecule has 2 saturated carbocycles. The summed E-state index contributed by atoms with van der Waals surface area (Å²) in [6.07, 6.45) is 6.84. The van der Waals surface area contributed by atoms with Gasteiger partial charge in [-0.2, -0.15) is 0 Å². The summed E-state index contributed by atoms with van der Waals surface area (Å²) in [4.78, 5) is 0. The Hall–Kier alpha value is 0. The van der Waals surface area contributed by atoms with Gasteiger partial charge in [0.15, 0.2) is 0 Å². The third-order valence-electron chi connectivity index (χ3n) is 4.36. The zero-order valence-electron chi connectivity index (χ0n) is 7.28. The van der Waals surface area contributed by atoms with Gasteiger partial charge in [0, 0.05) is 0 Å². The first-order valence-corrected chi connectivity index (χ1v) is 4.41. The predicted octanol–water partition coefficient (Wildman–Crippen LogP) is 3.04. The Morgan fingerprint density at radius 2 is 2.00 bits per heavy atom. The fraction of sp³-hybridized carbons (Fsp3) is 0.900. The molecular weight excluding hydrogens is 120 g/mol. The minimum atomic E-state index is 0.581. The van der Waals surface area contributed by atoms with Crippen molar-refractivity contribution < 1.29 is 0 Å². The van der Waals surface area contributed by atoms with E-state index >= 15 is 0 Å². The molecular formula is C10H17. The van der Waals surface area contributed by atoms with Crippen molar-refractivity contribution in [1.82, 2.24) is 0 Å². The van der Waals surface area contributed by atoms with Gasteiger partial charge in [-0.15, -0.1) is 0 Å². The van der Waals surface area contributed by atoms with Crippen molar-refractivity contribution in [2.24, 2.45) is 16.7 Å². The number of rotatable bonds is 0. The van der Waals surface area contributed by atoms with E-state index in [1.54, 1.807) is 0 Å². The Bertz CT molecular complexity index is 145. The van der Waals surface area contributed by atoms with Gasteiger partial charge in [0.1, 0.15) is 0 Å². The standard InChI is InChI=1S/C10H17/c1-9(2)8-4-6-10(9,3)7-5-8/h6,8H,4-5,7H2,1-3H3/t8-,10-/m1/s1. The molecule has 2 bridgehead atoms. The second-order valence-electron chi connectivity index (χ2n) is 4.81. The van der Waals surface area contributed by atoms with E-state index in [0.717, 1.165) is 5.92 Å². The van der Waals surface area contributed by atoms with Crippen LogP contribution in [-0.2, 0) is 0 Å². The van der Waals surface area contributed by atoms with E-state index in [4.69, 9.17) is 0 Å². The third kappa shape index (κ3) is 0.538. The van der Waals surface area contributed by atoms with Gasteiger partial charge in [-0.1, -0.05) is 20.8 Å². The first-order chi connectivity index (χ1) is 4.56. The lowest BCUT2D eigenvalue weighted by molar-refractivity contribution is 0.177. The van der Waals surface area contributed by atoms with Crippen LogP contribution in [-0.4, -0.2) is 0 Å². The van der Waals surface area contributed by atoms with Crippen LogP contribution in [0.5, 0.6) is 0 Å². The predicted molar refractivity (Wildman–Crippen MR) is 43.5 cm³/mol. The van der Waals surface area contributed by atoms with E-state index in [0.29, 0.717) is 10.8 Å². The van der Waals surface area contributed by atoms with Crippen molar-refractivity contribution in [3.8, 4) is 0 Å². The Morgan fingerprint density at radius 1 is 1.30 bits per heavy atom. The van der Waals surface area contributed by atoms with E-state index in [1.807, 2.05) is 0 Å². The zero-order valence-corrected chi connectivity index (χ0v) is 7.28. The third-order valence-corrected chi connectivity index (χ3v) is 4.36. The highest BCUT2D eigenvalue weighted by Gasteiger charge is 2.55. The highest BCUT2D eigenvalue weighted by molar-refractivity contribution is 5.14. The van der Waals surface area contributed by atoms with Crippen LogP contribution in [0.1, 0.15) is 40.0 Å². The van der Waals surface area contributed by atoms with Crippen LogP contribution < -0.4 is 0 Å². The summed E-state index contributed by atoms with van der Waals surface area (Å²) in [5, 5.41) is 0. The molecule has 0 N–H and O–H groups in total. The molecule has 2 fully saturated rings. The highest BCUT2D eigenvalue weighted by atomic mass is 14.6. The molecule has 10 heavy (non-hydrogen) atoms. The summed E-state index contributed by atoms with van der Waals surface area (Å²) < 4.78 is 0. The average molecular weight is 137 g/mol. The highest BCUT2D eigenvalue weighted by Crippen LogP contribution is 2.64. The molecule has 2 aliphatic carbocycles. The van der Waals surface area contributed by atoms with Crippen LogP contribution >= 0.6 is 0 Å². The molecule has 0 aliphatic heterocycles. The quantitative estimate of drug-likeness (QED) is 0.481. The fourth-order valence-electron chi connectivity index (χ4n) is 2.80. The summed E-state index contributed by atoms with van der Waals surface area (Å²) in [7, 11) is 0. The largest absolute Gasteiger partial charge is 0.0591 e. The maximum Gasteiger partial charge on any atom is -0.0241 e. The van der Waals surface area contributed by atoms with Gasteiger partial charge < -0.3 is 0 Å². The van der Waals surface area contributed by atoms with E-state index in [1.165, 1.54) is 19.3 Å². The van der Waals surface area contributed by atoms with Crippen LogP contribution in [0.15, 0.2) is 0 Å². The second-order valence-corrected chi connectivity index (χ2v) is 4.81. The molecule has 0 aromatic carbocycles. The summed E-state index contributed by atoms with van der Waals surface area (Å²) in [5.41, 5.74) is 1.19. The maximum absolute atomic E-state index is 2.56. The molecule has 0 aromatic rings.